The first-order valence-electron chi connectivity index (χ1n) is 12.8. The molecule has 0 saturated heterocycles. The van der Waals surface area contributed by atoms with Gasteiger partial charge in [0.25, 0.3) is 0 Å². The number of rotatable bonds is 11. The zero-order valence-corrected chi connectivity index (χ0v) is 20.2. The second kappa shape index (κ2) is 12.6. The number of carbonyl (C=O) groups excluding carboxylic acids is 1. The van der Waals surface area contributed by atoms with E-state index in [1.54, 1.807) is 0 Å². The molecule has 2 heteroatoms. The third kappa shape index (κ3) is 6.82. The van der Waals surface area contributed by atoms with Gasteiger partial charge >= 0.3 is 0 Å². The highest BCUT2D eigenvalue weighted by molar-refractivity contribution is 5.86. The Morgan fingerprint density at radius 3 is 2.34 bits per heavy atom. The maximum atomic E-state index is 11.4. The third-order valence-corrected chi connectivity index (χ3v) is 7.24. The molecule has 1 N–H and O–H groups in total. The molecule has 0 radical (unpaired) electrons. The second-order valence-electron chi connectivity index (χ2n) is 9.42. The van der Waals surface area contributed by atoms with Gasteiger partial charge in [0.1, 0.15) is 0 Å². The van der Waals surface area contributed by atoms with Crippen LogP contribution in [0.15, 0.2) is 55.1 Å². The summed E-state index contributed by atoms with van der Waals surface area (Å²) in [5.74, 6) is 1.60. The first-order valence-corrected chi connectivity index (χ1v) is 12.8. The summed E-state index contributed by atoms with van der Waals surface area (Å²) in [5.41, 5.74) is 6.77. The molecule has 2 aromatic rings. The predicted octanol–water partition coefficient (Wildman–Crippen LogP) is 7.61. The summed E-state index contributed by atoms with van der Waals surface area (Å²) >= 11 is 0. The van der Waals surface area contributed by atoms with Crippen LogP contribution in [0.3, 0.4) is 0 Å². The van der Waals surface area contributed by atoms with E-state index in [1.165, 1.54) is 85.3 Å². The summed E-state index contributed by atoms with van der Waals surface area (Å²) in [6.07, 6.45) is 14.3. The van der Waals surface area contributed by atoms with E-state index in [-0.39, 0.29) is 5.91 Å². The fraction of sp³-hybridized carbons (Fsp3) is 0.500. The van der Waals surface area contributed by atoms with E-state index in [9.17, 15) is 4.79 Å². The maximum absolute atomic E-state index is 11.4. The highest BCUT2D eigenvalue weighted by Gasteiger charge is 2.22. The Balaban J connectivity index is 1.58. The summed E-state index contributed by atoms with van der Waals surface area (Å²) in [5, 5.41) is 2.87. The van der Waals surface area contributed by atoms with Gasteiger partial charge in [-0.15, -0.1) is 0 Å². The number of aryl methyl sites for hydroxylation is 1. The highest BCUT2D eigenvalue weighted by Crippen LogP contribution is 2.38. The van der Waals surface area contributed by atoms with Crippen molar-refractivity contribution in [3.05, 3.63) is 71.8 Å². The minimum absolute atomic E-state index is 0.107. The molecule has 1 saturated carbocycles. The van der Waals surface area contributed by atoms with Gasteiger partial charge in [0.2, 0.25) is 5.91 Å². The molecule has 2 nitrogen and oxygen atoms in total. The molecule has 0 unspecified atom stereocenters. The fourth-order valence-electron chi connectivity index (χ4n) is 5.19. The van der Waals surface area contributed by atoms with Crippen molar-refractivity contribution in [1.29, 1.82) is 0 Å². The highest BCUT2D eigenvalue weighted by atomic mass is 16.1. The Kier molecular flexibility index (Phi) is 9.59. The van der Waals surface area contributed by atoms with Crippen molar-refractivity contribution in [3.63, 3.8) is 0 Å². The van der Waals surface area contributed by atoms with Crippen molar-refractivity contribution in [2.45, 2.75) is 84.0 Å². The van der Waals surface area contributed by atoms with Crippen molar-refractivity contribution in [1.82, 2.24) is 5.32 Å². The van der Waals surface area contributed by atoms with E-state index in [0.717, 1.165) is 24.7 Å². The van der Waals surface area contributed by atoms with Crippen LogP contribution in [0.5, 0.6) is 0 Å². The van der Waals surface area contributed by atoms with Crippen LogP contribution in [0.1, 0.15) is 87.8 Å². The molecule has 32 heavy (non-hydrogen) atoms. The fourth-order valence-corrected chi connectivity index (χ4v) is 5.19. The molecule has 172 valence electrons. The Morgan fingerprint density at radius 2 is 1.69 bits per heavy atom. The average molecular weight is 432 g/mol. The van der Waals surface area contributed by atoms with Crippen molar-refractivity contribution >= 4 is 5.91 Å². The van der Waals surface area contributed by atoms with Crippen LogP contribution in [0.4, 0.5) is 0 Å². The van der Waals surface area contributed by atoms with Crippen LogP contribution in [-0.4, -0.2) is 12.5 Å². The monoisotopic (exact) mass is 431 g/mol. The summed E-state index contributed by atoms with van der Waals surface area (Å²) in [7, 11) is 0. The largest absolute Gasteiger partial charge is 0.352 e. The van der Waals surface area contributed by atoms with Crippen molar-refractivity contribution in [2.75, 3.05) is 6.54 Å². The second-order valence-corrected chi connectivity index (χ2v) is 9.42. The average Bonchev–Trinajstić information content (AvgIpc) is 2.84. The molecule has 1 aliphatic rings. The van der Waals surface area contributed by atoms with Crippen LogP contribution in [-0.2, 0) is 17.6 Å². The van der Waals surface area contributed by atoms with E-state index in [4.69, 9.17) is 0 Å². The lowest BCUT2D eigenvalue weighted by Crippen LogP contribution is -2.23. The topological polar surface area (TPSA) is 29.1 Å². The molecule has 2 aromatic carbocycles. The zero-order chi connectivity index (χ0) is 22.8. The van der Waals surface area contributed by atoms with E-state index in [1.807, 2.05) is 0 Å². The smallest absolute Gasteiger partial charge is 0.243 e. The van der Waals surface area contributed by atoms with Crippen LogP contribution in [0.25, 0.3) is 11.1 Å². The molecular formula is C30H41NO. The van der Waals surface area contributed by atoms with Crippen molar-refractivity contribution in [2.24, 2.45) is 5.92 Å². The molecular weight excluding hydrogens is 390 g/mol. The number of hydrogen-bond donors (Lipinski definition) is 1. The van der Waals surface area contributed by atoms with Gasteiger partial charge in [0.15, 0.2) is 0 Å². The number of amides is 1. The van der Waals surface area contributed by atoms with E-state index < -0.39 is 0 Å². The first kappa shape index (κ1) is 24.3. The number of benzene rings is 2. The van der Waals surface area contributed by atoms with Crippen LogP contribution in [0.2, 0.25) is 0 Å². The first-order chi connectivity index (χ1) is 15.6. The molecule has 3 rings (SSSR count). The van der Waals surface area contributed by atoms with Crippen molar-refractivity contribution < 1.29 is 4.79 Å². The Bertz CT molecular complexity index is 859. The normalized spacial score (nSPS) is 18.3. The van der Waals surface area contributed by atoms with Gasteiger partial charge in [-0.1, -0.05) is 88.6 Å². The minimum Gasteiger partial charge on any atom is -0.352 e. The molecule has 0 bridgehead atoms. The SMILES string of the molecule is C=CC(=O)NCCc1ccc(-c2ccc(C3CCC(CCCCC)CC3)cc2)cc1CC. The van der Waals surface area contributed by atoms with Crippen LogP contribution in [0, 0.1) is 5.92 Å². The Labute approximate surface area is 195 Å². The number of carbonyl (C=O) groups is 1. The van der Waals surface area contributed by atoms with Gasteiger partial charge in [0, 0.05) is 6.54 Å². The van der Waals surface area contributed by atoms with E-state index in [0.29, 0.717) is 6.54 Å². The lowest BCUT2D eigenvalue weighted by atomic mass is 9.77. The van der Waals surface area contributed by atoms with Crippen molar-refractivity contribution in [3.8, 4) is 11.1 Å². The van der Waals surface area contributed by atoms with Gasteiger partial charge < -0.3 is 5.32 Å². The van der Waals surface area contributed by atoms with E-state index >= 15 is 0 Å². The minimum atomic E-state index is -0.107. The molecule has 0 heterocycles. The summed E-state index contributed by atoms with van der Waals surface area (Å²) in [4.78, 5) is 11.4. The van der Waals surface area contributed by atoms with Gasteiger partial charge in [-0.3, -0.25) is 4.79 Å². The predicted molar refractivity (Wildman–Crippen MR) is 137 cm³/mol. The molecule has 0 aromatic heterocycles. The molecule has 0 atom stereocenters. The summed E-state index contributed by atoms with van der Waals surface area (Å²) in [6, 6.07) is 16.1. The van der Waals surface area contributed by atoms with Crippen LogP contribution >= 0.6 is 0 Å². The Hall–Kier alpha value is -2.35. The standard InChI is InChI=1S/C30H41NO/c1-4-7-8-9-23-10-12-25(13-11-23)26-14-16-27(17-15-26)29-19-18-28(24(5-2)22-29)20-21-31-30(32)6-3/h6,14-19,22-23,25H,3-5,7-13,20-21H2,1-2H3,(H,31,32). The van der Waals surface area contributed by atoms with Gasteiger partial charge in [-0.05, 0) is 84.3 Å². The van der Waals surface area contributed by atoms with E-state index in [2.05, 4.69) is 68.2 Å². The molecule has 1 amide bonds. The Morgan fingerprint density at radius 1 is 0.969 bits per heavy atom. The van der Waals surface area contributed by atoms with Crippen LogP contribution < -0.4 is 5.32 Å². The molecule has 0 spiro atoms. The lowest BCUT2D eigenvalue weighted by molar-refractivity contribution is -0.116. The zero-order valence-electron chi connectivity index (χ0n) is 20.2. The van der Waals surface area contributed by atoms with Gasteiger partial charge in [0.05, 0.1) is 0 Å². The summed E-state index contributed by atoms with van der Waals surface area (Å²) < 4.78 is 0. The number of nitrogens with one attached hydrogen (secondary N) is 1. The quantitative estimate of drug-likeness (QED) is 0.288. The number of unbranched alkanes of at least 4 members (excludes halogenated alkanes) is 2. The molecule has 1 aliphatic carbocycles. The molecule has 0 aliphatic heterocycles. The van der Waals surface area contributed by atoms with Gasteiger partial charge in [-0.25, -0.2) is 0 Å². The molecule has 1 fully saturated rings. The number of hydrogen-bond acceptors (Lipinski definition) is 1. The lowest BCUT2D eigenvalue weighted by Gasteiger charge is -2.29. The maximum Gasteiger partial charge on any atom is 0.243 e. The third-order valence-electron chi connectivity index (χ3n) is 7.24. The van der Waals surface area contributed by atoms with Gasteiger partial charge in [-0.2, -0.15) is 0 Å². The summed E-state index contributed by atoms with van der Waals surface area (Å²) in [6.45, 7) is 8.65.